The van der Waals surface area contributed by atoms with Crippen molar-refractivity contribution >= 4 is 0 Å². The minimum absolute atomic E-state index is 0.0777. The van der Waals surface area contributed by atoms with E-state index in [4.69, 9.17) is 0 Å². The van der Waals surface area contributed by atoms with Crippen molar-refractivity contribution in [1.29, 1.82) is 0 Å². The van der Waals surface area contributed by atoms with Crippen LogP contribution in [-0.2, 0) is 0 Å². The molecule has 1 aliphatic heterocycles. The molecule has 1 saturated carbocycles. The topological polar surface area (TPSA) is 35.5 Å². The van der Waals surface area contributed by atoms with Crippen LogP contribution in [0.1, 0.15) is 46.0 Å². The highest BCUT2D eigenvalue weighted by molar-refractivity contribution is 4.87. The van der Waals surface area contributed by atoms with Gasteiger partial charge >= 0.3 is 0 Å². The first-order valence-electron chi connectivity index (χ1n) is 8.21. The van der Waals surface area contributed by atoms with Gasteiger partial charge in [-0.05, 0) is 50.5 Å². The van der Waals surface area contributed by atoms with E-state index in [2.05, 4.69) is 31.1 Å². The maximum atomic E-state index is 9.84. The maximum absolute atomic E-state index is 9.84. The van der Waals surface area contributed by atoms with Crippen molar-refractivity contribution in [1.82, 2.24) is 10.2 Å². The molecule has 5 unspecified atom stereocenters. The highest BCUT2D eigenvalue weighted by Crippen LogP contribution is 2.32. The number of aliphatic hydroxyl groups excluding tert-OH is 1. The molecule has 3 nitrogen and oxygen atoms in total. The summed E-state index contributed by atoms with van der Waals surface area (Å²) < 4.78 is 0. The predicted octanol–water partition coefficient (Wildman–Crippen LogP) is 2.10. The van der Waals surface area contributed by atoms with Crippen LogP contribution in [0.5, 0.6) is 0 Å². The van der Waals surface area contributed by atoms with Crippen LogP contribution in [0.25, 0.3) is 0 Å². The summed E-state index contributed by atoms with van der Waals surface area (Å²) in [5.41, 5.74) is 0. The lowest BCUT2D eigenvalue weighted by molar-refractivity contribution is 0.0213. The van der Waals surface area contributed by atoms with Crippen LogP contribution >= 0.6 is 0 Å². The van der Waals surface area contributed by atoms with Crippen LogP contribution in [0.15, 0.2) is 0 Å². The summed E-state index contributed by atoms with van der Waals surface area (Å²) in [4.78, 5) is 2.59. The Bertz CT molecular complexity index is 271. The molecule has 0 amide bonds. The molecular weight excluding hydrogens is 236 g/mol. The van der Waals surface area contributed by atoms with Crippen molar-refractivity contribution < 1.29 is 5.11 Å². The van der Waals surface area contributed by atoms with Crippen molar-refractivity contribution in [3.8, 4) is 0 Å². The fraction of sp³-hybridized carbons (Fsp3) is 1.00. The van der Waals surface area contributed by atoms with Crippen LogP contribution in [-0.4, -0.2) is 48.8 Å². The molecule has 1 aliphatic carbocycles. The number of nitrogens with one attached hydrogen (secondary N) is 1. The number of likely N-dealkylation sites (tertiary alicyclic amines) is 1. The van der Waals surface area contributed by atoms with Gasteiger partial charge in [-0.1, -0.05) is 20.3 Å². The maximum Gasteiger partial charge on any atom is 0.0590 e. The van der Waals surface area contributed by atoms with Gasteiger partial charge in [-0.25, -0.2) is 0 Å². The number of rotatable bonds is 4. The molecule has 5 atom stereocenters. The molecule has 2 aliphatic rings. The van der Waals surface area contributed by atoms with Crippen molar-refractivity contribution in [3.63, 3.8) is 0 Å². The summed E-state index contributed by atoms with van der Waals surface area (Å²) in [6.45, 7) is 7.89. The standard InChI is InChI=1S/C16H32N2O/c1-4-13-5-6-15(17-3)14(9-13)11-18-8-7-16(19)12(2)10-18/h12-17,19H,4-11H2,1-3H3. The lowest BCUT2D eigenvalue weighted by atomic mass is 9.76. The molecule has 1 heterocycles. The first-order chi connectivity index (χ1) is 9.13. The van der Waals surface area contributed by atoms with Gasteiger partial charge in [-0.2, -0.15) is 0 Å². The van der Waals surface area contributed by atoms with E-state index in [0.717, 1.165) is 31.3 Å². The van der Waals surface area contributed by atoms with Gasteiger partial charge in [0.25, 0.3) is 0 Å². The Balaban J connectivity index is 1.88. The van der Waals surface area contributed by atoms with Crippen molar-refractivity contribution in [3.05, 3.63) is 0 Å². The largest absolute Gasteiger partial charge is 0.393 e. The molecule has 0 spiro atoms. The summed E-state index contributed by atoms with van der Waals surface area (Å²) in [6, 6.07) is 0.699. The van der Waals surface area contributed by atoms with E-state index >= 15 is 0 Å². The molecule has 112 valence electrons. The van der Waals surface area contributed by atoms with E-state index in [-0.39, 0.29) is 6.10 Å². The van der Waals surface area contributed by atoms with E-state index < -0.39 is 0 Å². The highest BCUT2D eigenvalue weighted by Gasteiger charge is 2.32. The zero-order chi connectivity index (χ0) is 13.8. The van der Waals surface area contributed by atoms with E-state index in [1.54, 1.807) is 0 Å². The van der Waals surface area contributed by atoms with Crippen LogP contribution in [0.2, 0.25) is 0 Å². The smallest absolute Gasteiger partial charge is 0.0590 e. The van der Waals surface area contributed by atoms with Crippen LogP contribution < -0.4 is 5.32 Å². The Morgan fingerprint density at radius 2 is 2.05 bits per heavy atom. The second-order valence-corrected chi connectivity index (χ2v) is 6.84. The van der Waals surface area contributed by atoms with Gasteiger partial charge in [-0.3, -0.25) is 0 Å². The summed E-state index contributed by atoms with van der Waals surface area (Å²) in [5, 5.41) is 13.4. The molecule has 2 N–H and O–H groups in total. The molecule has 2 rings (SSSR count). The second-order valence-electron chi connectivity index (χ2n) is 6.84. The first-order valence-corrected chi connectivity index (χ1v) is 8.21. The fourth-order valence-electron chi connectivity index (χ4n) is 4.03. The third-order valence-corrected chi connectivity index (χ3v) is 5.48. The quantitative estimate of drug-likeness (QED) is 0.820. The number of nitrogens with zero attached hydrogens (tertiary/aromatic N) is 1. The Labute approximate surface area is 118 Å². The van der Waals surface area contributed by atoms with Crippen molar-refractivity contribution in [2.45, 2.75) is 58.1 Å². The van der Waals surface area contributed by atoms with Gasteiger partial charge in [0, 0.05) is 25.7 Å². The van der Waals surface area contributed by atoms with Gasteiger partial charge in [0.05, 0.1) is 6.10 Å². The van der Waals surface area contributed by atoms with Crippen molar-refractivity contribution in [2.24, 2.45) is 17.8 Å². The predicted molar refractivity (Wildman–Crippen MR) is 80.2 cm³/mol. The third-order valence-electron chi connectivity index (χ3n) is 5.48. The summed E-state index contributed by atoms with van der Waals surface area (Å²) in [7, 11) is 2.12. The molecule has 0 radical (unpaired) electrons. The molecule has 3 heteroatoms. The van der Waals surface area contributed by atoms with E-state index in [1.807, 2.05) is 0 Å². The zero-order valence-electron chi connectivity index (χ0n) is 12.9. The first kappa shape index (κ1) is 15.3. The number of aliphatic hydroxyl groups is 1. The molecule has 0 aromatic carbocycles. The Morgan fingerprint density at radius 3 is 2.68 bits per heavy atom. The second kappa shape index (κ2) is 7.05. The number of piperidine rings is 1. The molecule has 0 bridgehead atoms. The van der Waals surface area contributed by atoms with Crippen LogP contribution in [0, 0.1) is 17.8 Å². The SMILES string of the molecule is CCC1CCC(NC)C(CN2CCC(O)C(C)C2)C1. The fourth-order valence-corrected chi connectivity index (χ4v) is 4.03. The molecule has 0 aromatic heterocycles. The Morgan fingerprint density at radius 1 is 1.26 bits per heavy atom. The lowest BCUT2D eigenvalue weighted by Gasteiger charge is -2.41. The monoisotopic (exact) mass is 268 g/mol. The molecular formula is C16H32N2O. The van der Waals surface area contributed by atoms with Gasteiger partial charge in [0.15, 0.2) is 0 Å². The molecule has 0 aromatic rings. The normalized spacial score (nSPS) is 41.4. The average molecular weight is 268 g/mol. The van der Waals surface area contributed by atoms with Crippen molar-refractivity contribution in [2.75, 3.05) is 26.7 Å². The summed E-state index contributed by atoms with van der Waals surface area (Å²) in [5.74, 6) is 2.17. The van der Waals surface area contributed by atoms with Gasteiger partial charge in [0.1, 0.15) is 0 Å². The van der Waals surface area contributed by atoms with E-state index in [1.165, 1.54) is 32.2 Å². The molecule has 2 fully saturated rings. The average Bonchev–Trinajstić information content (AvgIpc) is 2.43. The van der Waals surface area contributed by atoms with Gasteiger partial charge in [0.2, 0.25) is 0 Å². The lowest BCUT2D eigenvalue weighted by Crippen LogP contribution is -2.49. The number of hydrogen-bond donors (Lipinski definition) is 2. The van der Waals surface area contributed by atoms with E-state index in [0.29, 0.717) is 12.0 Å². The van der Waals surface area contributed by atoms with Gasteiger partial charge < -0.3 is 15.3 Å². The Hall–Kier alpha value is -0.120. The Kier molecular flexibility index (Phi) is 5.67. The highest BCUT2D eigenvalue weighted by atomic mass is 16.3. The van der Waals surface area contributed by atoms with E-state index in [9.17, 15) is 5.11 Å². The van der Waals surface area contributed by atoms with Crippen LogP contribution in [0.3, 0.4) is 0 Å². The third kappa shape index (κ3) is 3.93. The van der Waals surface area contributed by atoms with Crippen LogP contribution in [0.4, 0.5) is 0 Å². The van der Waals surface area contributed by atoms with Gasteiger partial charge in [-0.15, -0.1) is 0 Å². The summed E-state index contributed by atoms with van der Waals surface area (Å²) >= 11 is 0. The minimum atomic E-state index is -0.0777. The summed E-state index contributed by atoms with van der Waals surface area (Å²) in [6.07, 6.45) is 6.33. The zero-order valence-corrected chi connectivity index (χ0v) is 12.9. The minimum Gasteiger partial charge on any atom is -0.393 e. The molecule has 19 heavy (non-hydrogen) atoms. The molecule has 1 saturated heterocycles. The number of hydrogen-bond acceptors (Lipinski definition) is 3.